The molecule has 0 saturated carbocycles. The second-order valence-corrected chi connectivity index (χ2v) is 4.17. The maximum atomic E-state index is 3.46. The molecule has 0 bridgehead atoms. The number of hydrogen-bond acceptors (Lipinski definition) is 2. The summed E-state index contributed by atoms with van der Waals surface area (Å²) in [5.74, 6) is 0. The maximum absolute atomic E-state index is 3.46. The number of hydrogen-bond donors (Lipinski definition) is 1. The molecule has 0 saturated heterocycles. The molecule has 0 atom stereocenters. The molecule has 0 unspecified atom stereocenters. The molecule has 1 N–H and O–H groups in total. The molecule has 0 aliphatic heterocycles. The molecule has 0 spiro atoms. The minimum atomic E-state index is 0.989. The molecule has 2 heteroatoms. The zero-order valence-corrected chi connectivity index (χ0v) is 9.87. The van der Waals surface area contributed by atoms with E-state index in [2.05, 4.69) is 54.6 Å². The minimum absolute atomic E-state index is 0.989. The number of rotatable bonds is 7. The Bertz CT molecular complexity index is 244. The average Bonchev–Trinajstić information content (AvgIpc) is 2.24. The van der Waals surface area contributed by atoms with Crippen LogP contribution in [0.15, 0.2) is 30.3 Å². The van der Waals surface area contributed by atoms with E-state index in [0.717, 1.165) is 13.1 Å². The van der Waals surface area contributed by atoms with Crippen LogP contribution in [0.5, 0.6) is 0 Å². The molecular weight excluding hydrogens is 184 g/mol. The van der Waals surface area contributed by atoms with Crippen LogP contribution in [0.25, 0.3) is 0 Å². The molecule has 0 radical (unpaired) electrons. The van der Waals surface area contributed by atoms with Crippen molar-refractivity contribution in [3.8, 4) is 0 Å². The van der Waals surface area contributed by atoms with Crippen molar-refractivity contribution in [1.82, 2.24) is 10.2 Å². The van der Waals surface area contributed by atoms with Crippen molar-refractivity contribution in [3.05, 3.63) is 35.9 Å². The maximum Gasteiger partial charge on any atom is 0.0205 e. The van der Waals surface area contributed by atoms with E-state index in [1.807, 2.05) is 0 Å². The number of nitrogens with zero attached hydrogens (tertiary/aromatic N) is 1. The van der Waals surface area contributed by atoms with Crippen molar-refractivity contribution in [1.29, 1.82) is 0 Å². The van der Waals surface area contributed by atoms with E-state index in [-0.39, 0.29) is 0 Å². The fourth-order valence-corrected chi connectivity index (χ4v) is 1.51. The van der Waals surface area contributed by atoms with Crippen LogP contribution < -0.4 is 5.32 Å². The van der Waals surface area contributed by atoms with Crippen molar-refractivity contribution in [2.24, 2.45) is 0 Å². The first kappa shape index (κ1) is 12.2. The molecule has 0 fully saturated rings. The summed E-state index contributed by atoms with van der Waals surface area (Å²) < 4.78 is 0. The van der Waals surface area contributed by atoms with E-state index in [1.54, 1.807) is 0 Å². The van der Waals surface area contributed by atoms with Crippen molar-refractivity contribution in [3.63, 3.8) is 0 Å². The van der Waals surface area contributed by atoms with Gasteiger partial charge in [0.1, 0.15) is 0 Å². The van der Waals surface area contributed by atoms with Gasteiger partial charge in [0.15, 0.2) is 0 Å². The minimum Gasteiger partial charge on any atom is -0.313 e. The van der Waals surface area contributed by atoms with Gasteiger partial charge >= 0.3 is 0 Å². The van der Waals surface area contributed by atoms with E-state index >= 15 is 0 Å². The fraction of sp³-hybridized carbons (Fsp3) is 0.538. The summed E-state index contributed by atoms with van der Waals surface area (Å²) >= 11 is 0. The molecule has 1 aromatic rings. The average molecular weight is 206 g/mol. The van der Waals surface area contributed by atoms with Crippen LogP contribution >= 0.6 is 0 Å². The summed E-state index contributed by atoms with van der Waals surface area (Å²) in [6, 6.07) is 10.5. The van der Waals surface area contributed by atoms with E-state index < -0.39 is 0 Å². The summed E-state index contributed by atoms with van der Waals surface area (Å²) in [6.07, 6.45) is 2.53. The summed E-state index contributed by atoms with van der Waals surface area (Å²) in [6.45, 7) is 3.29. The Morgan fingerprint density at radius 2 is 1.80 bits per heavy atom. The molecule has 1 rings (SSSR count). The van der Waals surface area contributed by atoms with Crippen molar-refractivity contribution < 1.29 is 0 Å². The predicted octanol–water partition coefficient (Wildman–Crippen LogP) is 2.12. The van der Waals surface area contributed by atoms with Gasteiger partial charge in [-0.3, -0.25) is 0 Å². The lowest BCUT2D eigenvalue weighted by Gasteiger charge is -2.09. The van der Waals surface area contributed by atoms with Gasteiger partial charge in [-0.15, -0.1) is 0 Å². The molecule has 0 aromatic heterocycles. The van der Waals surface area contributed by atoms with Crippen LogP contribution in [0.3, 0.4) is 0 Å². The normalized spacial score (nSPS) is 10.9. The highest BCUT2D eigenvalue weighted by Gasteiger charge is 1.92. The predicted molar refractivity (Wildman–Crippen MR) is 65.9 cm³/mol. The Kier molecular flexibility index (Phi) is 6.05. The lowest BCUT2D eigenvalue weighted by Crippen LogP contribution is -2.18. The highest BCUT2D eigenvalue weighted by Crippen LogP contribution is 1.97. The van der Waals surface area contributed by atoms with Gasteiger partial charge in [-0.05, 0) is 45.6 Å². The zero-order valence-electron chi connectivity index (χ0n) is 9.87. The lowest BCUT2D eigenvalue weighted by molar-refractivity contribution is 0.391. The number of unbranched alkanes of at least 4 members (excludes halogenated alkanes) is 1. The van der Waals surface area contributed by atoms with Crippen LogP contribution in [0.4, 0.5) is 0 Å². The fourth-order valence-electron chi connectivity index (χ4n) is 1.51. The topological polar surface area (TPSA) is 15.3 Å². The van der Waals surface area contributed by atoms with Crippen LogP contribution in [0.2, 0.25) is 0 Å². The van der Waals surface area contributed by atoms with Crippen molar-refractivity contribution in [2.45, 2.75) is 19.4 Å². The molecule has 0 heterocycles. The summed E-state index contributed by atoms with van der Waals surface area (Å²) in [5, 5.41) is 3.46. The lowest BCUT2D eigenvalue weighted by atomic mass is 10.2. The Morgan fingerprint density at radius 1 is 1.07 bits per heavy atom. The molecular formula is C13H22N2. The van der Waals surface area contributed by atoms with E-state index in [4.69, 9.17) is 0 Å². The van der Waals surface area contributed by atoms with Crippen LogP contribution in [0.1, 0.15) is 18.4 Å². The monoisotopic (exact) mass is 206 g/mol. The number of benzene rings is 1. The largest absolute Gasteiger partial charge is 0.313 e. The first-order valence-electron chi connectivity index (χ1n) is 5.68. The summed E-state index contributed by atoms with van der Waals surface area (Å²) in [7, 11) is 4.24. The highest BCUT2D eigenvalue weighted by atomic mass is 15.0. The molecule has 84 valence electrons. The third-order valence-corrected chi connectivity index (χ3v) is 2.38. The Hall–Kier alpha value is -0.860. The van der Waals surface area contributed by atoms with Gasteiger partial charge in [0.25, 0.3) is 0 Å². The SMILES string of the molecule is CN(C)CCCCNCc1ccccc1. The van der Waals surface area contributed by atoms with Gasteiger partial charge in [0.2, 0.25) is 0 Å². The Labute approximate surface area is 93.3 Å². The molecule has 0 aliphatic carbocycles. The zero-order chi connectivity index (χ0) is 10.9. The molecule has 0 amide bonds. The standard InChI is InChI=1S/C13H22N2/c1-15(2)11-7-6-10-14-12-13-8-4-3-5-9-13/h3-5,8-9,14H,6-7,10-12H2,1-2H3. The molecule has 15 heavy (non-hydrogen) atoms. The summed E-state index contributed by atoms with van der Waals surface area (Å²) in [4.78, 5) is 2.23. The van der Waals surface area contributed by atoms with Gasteiger partial charge in [0, 0.05) is 6.54 Å². The van der Waals surface area contributed by atoms with Crippen LogP contribution in [-0.4, -0.2) is 32.1 Å². The third kappa shape index (κ3) is 6.26. The van der Waals surface area contributed by atoms with Gasteiger partial charge in [-0.25, -0.2) is 0 Å². The van der Waals surface area contributed by atoms with Crippen LogP contribution in [0, 0.1) is 0 Å². The van der Waals surface area contributed by atoms with Crippen molar-refractivity contribution in [2.75, 3.05) is 27.2 Å². The van der Waals surface area contributed by atoms with E-state index in [0.29, 0.717) is 0 Å². The van der Waals surface area contributed by atoms with Gasteiger partial charge in [0.05, 0.1) is 0 Å². The first-order chi connectivity index (χ1) is 7.29. The van der Waals surface area contributed by atoms with Crippen LogP contribution in [-0.2, 0) is 6.54 Å². The molecule has 1 aromatic carbocycles. The van der Waals surface area contributed by atoms with E-state index in [9.17, 15) is 0 Å². The molecule has 0 aliphatic rings. The van der Waals surface area contributed by atoms with E-state index in [1.165, 1.54) is 24.9 Å². The van der Waals surface area contributed by atoms with Crippen molar-refractivity contribution >= 4 is 0 Å². The Morgan fingerprint density at radius 3 is 2.47 bits per heavy atom. The molecule has 2 nitrogen and oxygen atoms in total. The summed E-state index contributed by atoms with van der Waals surface area (Å²) in [5.41, 5.74) is 1.37. The van der Waals surface area contributed by atoms with Gasteiger partial charge in [-0.2, -0.15) is 0 Å². The van der Waals surface area contributed by atoms with Gasteiger partial charge < -0.3 is 10.2 Å². The van der Waals surface area contributed by atoms with Gasteiger partial charge in [-0.1, -0.05) is 30.3 Å². The second-order valence-electron chi connectivity index (χ2n) is 4.17. The number of nitrogens with one attached hydrogen (secondary N) is 1. The first-order valence-corrected chi connectivity index (χ1v) is 5.68. The smallest absolute Gasteiger partial charge is 0.0205 e. The second kappa shape index (κ2) is 7.43. The third-order valence-electron chi connectivity index (χ3n) is 2.38. The highest BCUT2D eigenvalue weighted by molar-refractivity contribution is 5.14. The Balaban J connectivity index is 1.98. The quantitative estimate of drug-likeness (QED) is 0.687.